The molecule has 12 heteroatoms. The van der Waals surface area contributed by atoms with Crippen molar-refractivity contribution in [3.63, 3.8) is 0 Å². The minimum Gasteiger partial charge on any atom is -0.374 e. The van der Waals surface area contributed by atoms with Crippen LogP contribution in [0.25, 0.3) is 0 Å². The van der Waals surface area contributed by atoms with E-state index < -0.39 is 32.8 Å². The summed E-state index contributed by atoms with van der Waals surface area (Å²) in [7, 11) is -2.45. The van der Waals surface area contributed by atoms with Crippen LogP contribution in [0.15, 0.2) is 22.6 Å². The summed E-state index contributed by atoms with van der Waals surface area (Å²) in [4.78, 5) is 3.77. The second kappa shape index (κ2) is 6.58. The molecule has 4 N–H and O–H groups in total. The van der Waals surface area contributed by atoms with E-state index in [2.05, 4.69) is 20.7 Å². The van der Waals surface area contributed by atoms with Crippen molar-refractivity contribution in [3.05, 3.63) is 28.8 Å². The predicted molar refractivity (Wildman–Crippen MR) is 90.7 cm³/mol. The van der Waals surface area contributed by atoms with Gasteiger partial charge in [-0.1, -0.05) is 6.92 Å². The summed E-state index contributed by atoms with van der Waals surface area (Å²) in [6.45, 7) is 4.74. The number of hydrogen-bond donors (Lipinski definition) is 3. The molecule has 1 aliphatic heterocycles. The largest absolute Gasteiger partial charge is 0.421 e. The summed E-state index contributed by atoms with van der Waals surface area (Å²) in [5.41, 5.74) is 5.42. The zero-order valence-corrected chi connectivity index (χ0v) is 15.5. The van der Waals surface area contributed by atoms with E-state index in [0.717, 1.165) is 4.09 Å². The molecule has 0 saturated carbocycles. The molecular formula is C14H21F3N6O2S. The van der Waals surface area contributed by atoms with Crippen LogP contribution in [0.3, 0.4) is 0 Å². The van der Waals surface area contributed by atoms with Crippen LogP contribution in [0.4, 0.5) is 13.2 Å². The first-order chi connectivity index (χ1) is 11.9. The Hall–Kier alpha value is -2.08. The number of nitrogens with one attached hydrogen (secondary N) is 2. The Bertz CT molecular complexity index is 859. The first kappa shape index (κ1) is 20.2. The van der Waals surface area contributed by atoms with E-state index in [4.69, 9.17) is 5.73 Å². The molecule has 0 bridgehead atoms. The van der Waals surface area contributed by atoms with Gasteiger partial charge in [0.15, 0.2) is 0 Å². The first-order valence-electron chi connectivity index (χ1n) is 7.79. The van der Waals surface area contributed by atoms with Gasteiger partial charge in [0.1, 0.15) is 11.4 Å². The number of aromatic nitrogens is 2. The van der Waals surface area contributed by atoms with E-state index in [9.17, 15) is 21.6 Å². The van der Waals surface area contributed by atoms with E-state index in [1.165, 1.54) is 20.2 Å². The van der Waals surface area contributed by atoms with Crippen molar-refractivity contribution in [2.24, 2.45) is 10.7 Å². The molecule has 2 atom stereocenters. The molecule has 0 saturated heterocycles. The molecule has 1 aromatic rings. The molecule has 2 rings (SSSR count). The van der Waals surface area contributed by atoms with Gasteiger partial charge >= 0.3 is 6.18 Å². The van der Waals surface area contributed by atoms with Crippen molar-refractivity contribution in [2.45, 2.75) is 44.4 Å². The van der Waals surface area contributed by atoms with Gasteiger partial charge in [0.2, 0.25) is 5.79 Å². The second-order valence-corrected chi connectivity index (χ2v) is 8.12. The Balaban J connectivity index is 2.49. The Labute approximate surface area is 149 Å². The zero-order chi connectivity index (χ0) is 19.9. The number of nitrogens with zero attached hydrogens (tertiary/aromatic N) is 3. The van der Waals surface area contributed by atoms with Gasteiger partial charge in [-0.3, -0.25) is 5.73 Å². The lowest BCUT2D eigenvalue weighted by Crippen LogP contribution is -2.54. The highest BCUT2D eigenvalue weighted by atomic mass is 32.2. The van der Waals surface area contributed by atoms with Gasteiger partial charge in [0.25, 0.3) is 10.0 Å². The molecule has 0 amide bonds. The summed E-state index contributed by atoms with van der Waals surface area (Å²) >= 11 is 0. The number of halogens is 3. The topological polar surface area (TPSA) is 114 Å². The molecule has 0 aliphatic carbocycles. The van der Waals surface area contributed by atoms with Gasteiger partial charge in [0.05, 0.1) is 22.7 Å². The number of aliphatic imine (C=N–C) groups is 1. The van der Waals surface area contributed by atoms with E-state index >= 15 is 0 Å². The van der Waals surface area contributed by atoms with Crippen LogP contribution >= 0.6 is 0 Å². The molecular weight excluding hydrogens is 373 g/mol. The van der Waals surface area contributed by atoms with Crippen LogP contribution < -0.4 is 16.4 Å². The van der Waals surface area contributed by atoms with Gasteiger partial charge in [-0.05, 0) is 20.3 Å². The highest BCUT2D eigenvalue weighted by Gasteiger charge is 2.42. The maximum atomic E-state index is 13.0. The van der Waals surface area contributed by atoms with Crippen molar-refractivity contribution < 1.29 is 21.6 Å². The quantitative estimate of drug-likeness (QED) is 0.684. The minimum atomic E-state index is -4.63. The normalized spacial score (nSPS) is 22.3. The van der Waals surface area contributed by atoms with Gasteiger partial charge in [-0.15, -0.1) is 0 Å². The third-order valence-electron chi connectivity index (χ3n) is 4.24. The SMILES string of the molecule is CCC(C)S(=O)(=O)n1ncc(C2(N)N=CC(C(F)(F)F)=C(NC)N2)c1C. The van der Waals surface area contributed by atoms with Crippen LogP contribution in [0.1, 0.15) is 31.5 Å². The molecule has 0 radical (unpaired) electrons. The van der Waals surface area contributed by atoms with Gasteiger partial charge in [-0.25, -0.2) is 13.4 Å². The average molecular weight is 394 g/mol. The fraction of sp³-hybridized carbons (Fsp3) is 0.571. The standard InChI is InChI=1S/C14H21F3N6O2S/c1-5-8(2)26(24,25)23-9(3)10(7-21-23)14(18)20-6-11(13(15,16)17)12(19-4)22-14/h6-8,19,22H,5,18H2,1-4H3. The molecule has 0 aromatic carbocycles. The lowest BCUT2D eigenvalue weighted by atomic mass is 10.1. The molecule has 2 unspecified atom stereocenters. The summed E-state index contributed by atoms with van der Waals surface area (Å²) in [6, 6.07) is 0. The summed E-state index contributed by atoms with van der Waals surface area (Å²) < 4.78 is 65.0. The average Bonchev–Trinajstić information content (AvgIpc) is 2.95. The van der Waals surface area contributed by atoms with Crippen molar-refractivity contribution in [1.82, 2.24) is 19.8 Å². The molecule has 0 fully saturated rings. The van der Waals surface area contributed by atoms with E-state index in [0.29, 0.717) is 12.6 Å². The number of allylic oxidation sites excluding steroid dienone is 1. The fourth-order valence-corrected chi connectivity index (χ4v) is 3.90. The van der Waals surface area contributed by atoms with Gasteiger partial charge in [-0.2, -0.15) is 22.4 Å². The summed E-state index contributed by atoms with van der Waals surface area (Å²) in [6.07, 6.45) is -2.45. The number of rotatable bonds is 5. The molecule has 1 aliphatic rings. The smallest absolute Gasteiger partial charge is 0.374 e. The van der Waals surface area contributed by atoms with E-state index in [1.54, 1.807) is 13.8 Å². The lowest BCUT2D eigenvalue weighted by molar-refractivity contribution is -0.0875. The van der Waals surface area contributed by atoms with Crippen LogP contribution in [-0.4, -0.2) is 42.3 Å². The van der Waals surface area contributed by atoms with Crippen LogP contribution in [0, 0.1) is 6.92 Å². The van der Waals surface area contributed by atoms with Crippen molar-refractivity contribution in [3.8, 4) is 0 Å². The zero-order valence-electron chi connectivity index (χ0n) is 14.7. The highest BCUT2D eigenvalue weighted by Crippen LogP contribution is 2.32. The van der Waals surface area contributed by atoms with Crippen molar-refractivity contribution in [1.29, 1.82) is 0 Å². The van der Waals surface area contributed by atoms with Gasteiger partial charge in [0, 0.05) is 13.3 Å². The lowest BCUT2D eigenvalue weighted by Gasteiger charge is -2.33. The monoisotopic (exact) mass is 394 g/mol. The van der Waals surface area contributed by atoms with E-state index in [1.807, 2.05) is 0 Å². The van der Waals surface area contributed by atoms with Crippen LogP contribution in [0.5, 0.6) is 0 Å². The second-order valence-electron chi connectivity index (χ2n) is 5.94. The minimum absolute atomic E-state index is 0.148. The Morgan fingerprint density at radius 3 is 2.58 bits per heavy atom. The third kappa shape index (κ3) is 3.30. The van der Waals surface area contributed by atoms with Crippen molar-refractivity contribution in [2.75, 3.05) is 7.05 Å². The number of alkyl halides is 3. The summed E-state index contributed by atoms with van der Waals surface area (Å²) in [5, 5.41) is 8.07. The maximum Gasteiger partial charge on any atom is 0.421 e. The fourth-order valence-electron chi connectivity index (χ4n) is 2.48. The molecule has 1 aromatic heterocycles. The van der Waals surface area contributed by atoms with Crippen molar-refractivity contribution >= 4 is 16.2 Å². The number of hydrogen-bond acceptors (Lipinski definition) is 7. The predicted octanol–water partition coefficient (Wildman–Crippen LogP) is 0.904. The Kier molecular flexibility index (Phi) is 5.12. The number of nitrogens with two attached hydrogens (primary N) is 1. The van der Waals surface area contributed by atoms with Gasteiger partial charge < -0.3 is 10.6 Å². The van der Waals surface area contributed by atoms with Crippen LogP contribution in [0.2, 0.25) is 0 Å². The maximum absolute atomic E-state index is 13.0. The Morgan fingerprint density at radius 1 is 1.46 bits per heavy atom. The highest BCUT2D eigenvalue weighted by molar-refractivity contribution is 7.90. The summed E-state index contributed by atoms with van der Waals surface area (Å²) in [5.74, 6) is -2.16. The molecule has 0 spiro atoms. The third-order valence-corrected chi connectivity index (χ3v) is 6.44. The molecule has 146 valence electrons. The first-order valence-corrected chi connectivity index (χ1v) is 9.29. The molecule has 8 nitrogen and oxygen atoms in total. The van der Waals surface area contributed by atoms with Crippen LogP contribution in [-0.2, 0) is 15.8 Å². The molecule has 26 heavy (non-hydrogen) atoms. The Morgan fingerprint density at radius 2 is 2.08 bits per heavy atom. The van der Waals surface area contributed by atoms with E-state index in [-0.39, 0.29) is 17.1 Å². The molecule has 2 heterocycles.